The molecular formula is C16H32N2O. The van der Waals surface area contributed by atoms with Crippen LogP contribution in [0.1, 0.15) is 59.8 Å². The molecule has 2 rings (SSSR count). The number of piperidine rings is 1. The van der Waals surface area contributed by atoms with Crippen molar-refractivity contribution in [3.05, 3.63) is 0 Å². The van der Waals surface area contributed by atoms with Crippen LogP contribution in [0, 0.1) is 5.41 Å². The second-order valence-electron chi connectivity index (χ2n) is 7.89. The van der Waals surface area contributed by atoms with Gasteiger partial charge in [-0.1, -0.05) is 13.8 Å². The number of likely N-dealkylation sites (tertiary alicyclic amines) is 1. The lowest BCUT2D eigenvalue weighted by molar-refractivity contribution is 0.0687. The summed E-state index contributed by atoms with van der Waals surface area (Å²) in [7, 11) is 0. The standard InChI is InChI=1S/C16H32N2O/c1-13(18-9-7-15(2,3)8-10-18)11-16(4,12-19)17-14-5-6-14/h13-14,17,19H,5-12H2,1-4H3. The molecule has 1 saturated carbocycles. The molecule has 3 nitrogen and oxygen atoms in total. The van der Waals surface area contributed by atoms with Gasteiger partial charge in [-0.25, -0.2) is 0 Å². The van der Waals surface area contributed by atoms with Gasteiger partial charge in [0.05, 0.1) is 6.61 Å². The maximum Gasteiger partial charge on any atom is 0.0611 e. The Labute approximate surface area is 118 Å². The highest BCUT2D eigenvalue weighted by molar-refractivity contribution is 4.95. The summed E-state index contributed by atoms with van der Waals surface area (Å²) in [5.74, 6) is 0. The van der Waals surface area contributed by atoms with Gasteiger partial charge in [0.25, 0.3) is 0 Å². The minimum absolute atomic E-state index is 0.104. The maximum absolute atomic E-state index is 9.71. The van der Waals surface area contributed by atoms with Crippen molar-refractivity contribution in [3.8, 4) is 0 Å². The van der Waals surface area contributed by atoms with Crippen molar-refractivity contribution in [1.29, 1.82) is 0 Å². The highest BCUT2D eigenvalue weighted by atomic mass is 16.3. The average molecular weight is 268 g/mol. The first-order chi connectivity index (χ1) is 8.84. The van der Waals surface area contributed by atoms with Crippen molar-refractivity contribution in [1.82, 2.24) is 10.2 Å². The van der Waals surface area contributed by atoms with E-state index in [2.05, 4.69) is 37.9 Å². The highest BCUT2D eigenvalue weighted by Crippen LogP contribution is 2.32. The summed E-state index contributed by atoms with van der Waals surface area (Å²) in [6.07, 6.45) is 6.19. The van der Waals surface area contributed by atoms with Gasteiger partial charge >= 0.3 is 0 Å². The highest BCUT2D eigenvalue weighted by Gasteiger charge is 2.35. The third-order valence-electron chi connectivity index (χ3n) is 5.00. The summed E-state index contributed by atoms with van der Waals surface area (Å²) >= 11 is 0. The molecule has 0 bridgehead atoms. The Morgan fingerprint density at radius 2 is 1.89 bits per heavy atom. The Bertz CT molecular complexity index is 291. The van der Waals surface area contributed by atoms with E-state index in [1.54, 1.807) is 0 Å². The molecule has 2 fully saturated rings. The lowest BCUT2D eigenvalue weighted by Gasteiger charge is -2.42. The molecule has 0 radical (unpaired) electrons. The van der Waals surface area contributed by atoms with E-state index in [0.29, 0.717) is 17.5 Å². The fourth-order valence-electron chi connectivity index (χ4n) is 3.24. The van der Waals surface area contributed by atoms with Crippen LogP contribution in [0.4, 0.5) is 0 Å². The zero-order valence-electron chi connectivity index (χ0n) is 13.2. The Morgan fingerprint density at radius 3 is 2.37 bits per heavy atom. The van der Waals surface area contributed by atoms with Gasteiger partial charge in [0.15, 0.2) is 0 Å². The molecule has 2 atom stereocenters. The minimum atomic E-state index is -0.104. The first kappa shape index (κ1) is 15.3. The Hall–Kier alpha value is -0.120. The summed E-state index contributed by atoms with van der Waals surface area (Å²) in [6, 6.07) is 1.21. The van der Waals surface area contributed by atoms with Gasteiger partial charge in [-0.3, -0.25) is 0 Å². The average Bonchev–Trinajstić information content (AvgIpc) is 3.12. The minimum Gasteiger partial charge on any atom is -0.394 e. The molecule has 1 aliphatic carbocycles. The molecule has 0 aromatic heterocycles. The van der Waals surface area contributed by atoms with Crippen molar-refractivity contribution < 1.29 is 5.11 Å². The molecular weight excluding hydrogens is 236 g/mol. The van der Waals surface area contributed by atoms with Gasteiger partial charge < -0.3 is 15.3 Å². The largest absolute Gasteiger partial charge is 0.394 e. The summed E-state index contributed by atoms with van der Waals surface area (Å²) in [4.78, 5) is 2.60. The lowest BCUT2D eigenvalue weighted by atomic mass is 9.81. The topological polar surface area (TPSA) is 35.5 Å². The number of nitrogens with zero attached hydrogens (tertiary/aromatic N) is 1. The van der Waals surface area contributed by atoms with E-state index in [4.69, 9.17) is 0 Å². The van der Waals surface area contributed by atoms with E-state index < -0.39 is 0 Å². The molecule has 0 aromatic rings. The van der Waals surface area contributed by atoms with Crippen LogP contribution in [0.15, 0.2) is 0 Å². The van der Waals surface area contributed by atoms with Gasteiger partial charge in [-0.05, 0) is 64.5 Å². The molecule has 2 N–H and O–H groups in total. The van der Waals surface area contributed by atoms with Crippen LogP contribution in [-0.2, 0) is 0 Å². The van der Waals surface area contributed by atoms with Crippen LogP contribution < -0.4 is 5.32 Å². The van der Waals surface area contributed by atoms with Gasteiger partial charge in [-0.15, -0.1) is 0 Å². The van der Waals surface area contributed by atoms with Crippen molar-refractivity contribution in [2.24, 2.45) is 5.41 Å². The van der Waals surface area contributed by atoms with Crippen LogP contribution in [0.25, 0.3) is 0 Å². The van der Waals surface area contributed by atoms with Crippen LogP contribution in [0.5, 0.6) is 0 Å². The summed E-state index contributed by atoms with van der Waals surface area (Å²) < 4.78 is 0. The Balaban J connectivity index is 1.83. The van der Waals surface area contributed by atoms with Crippen molar-refractivity contribution in [2.45, 2.75) is 77.4 Å². The maximum atomic E-state index is 9.71. The van der Waals surface area contributed by atoms with E-state index >= 15 is 0 Å². The van der Waals surface area contributed by atoms with Crippen LogP contribution in [-0.4, -0.2) is 47.3 Å². The SMILES string of the molecule is CC(CC(C)(CO)NC1CC1)N1CCC(C)(C)CC1. The first-order valence-electron chi connectivity index (χ1n) is 7.96. The molecule has 1 saturated heterocycles. The molecule has 2 aliphatic rings. The van der Waals surface area contributed by atoms with E-state index in [0.717, 1.165) is 6.42 Å². The van der Waals surface area contributed by atoms with Gasteiger partial charge in [0.2, 0.25) is 0 Å². The second-order valence-corrected chi connectivity index (χ2v) is 7.89. The fourth-order valence-corrected chi connectivity index (χ4v) is 3.24. The number of hydrogen-bond donors (Lipinski definition) is 2. The smallest absolute Gasteiger partial charge is 0.0611 e. The molecule has 112 valence electrons. The van der Waals surface area contributed by atoms with Crippen LogP contribution >= 0.6 is 0 Å². The third kappa shape index (κ3) is 4.44. The Morgan fingerprint density at radius 1 is 1.32 bits per heavy atom. The van der Waals surface area contributed by atoms with Crippen molar-refractivity contribution in [2.75, 3.05) is 19.7 Å². The predicted octanol–water partition coefficient (Wildman–Crippen LogP) is 2.39. The second kappa shape index (κ2) is 5.71. The molecule has 3 heteroatoms. The van der Waals surface area contributed by atoms with E-state index in [9.17, 15) is 5.11 Å². The molecule has 1 aliphatic heterocycles. The van der Waals surface area contributed by atoms with Crippen molar-refractivity contribution >= 4 is 0 Å². The zero-order chi connectivity index (χ0) is 14.1. The number of rotatable bonds is 6. The lowest BCUT2D eigenvalue weighted by Crippen LogP contribution is -2.52. The van der Waals surface area contributed by atoms with Gasteiger partial charge in [0.1, 0.15) is 0 Å². The molecule has 0 aromatic carbocycles. The summed E-state index contributed by atoms with van der Waals surface area (Å²) in [5.41, 5.74) is 0.413. The summed E-state index contributed by atoms with van der Waals surface area (Å²) in [6.45, 7) is 11.9. The van der Waals surface area contributed by atoms with Crippen molar-refractivity contribution in [3.63, 3.8) is 0 Å². The molecule has 0 spiro atoms. The van der Waals surface area contributed by atoms with Crippen LogP contribution in [0.3, 0.4) is 0 Å². The molecule has 2 unspecified atom stereocenters. The predicted molar refractivity (Wildman–Crippen MR) is 80.3 cm³/mol. The first-order valence-corrected chi connectivity index (χ1v) is 7.96. The number of aliphatic hydroxyl groups is 1. The quantitative estimate of drug-likeness (QED) is 0.776. The molecule has 1 heterocycles. The Kier molecular flexibility index (Phi) is 4.59. The van der Waals surface area contributed by atoms with Gasteiger partial charge in [0, 0.05) is 17.6 Å². The van der Waals surface area contributed by atoms with Gasteiger partial charge in [-0.2, -0.15) is 0 Å². The van der Waals surface area contributed by atoms with E-state index in [1.807, 2.05) is 0 Å². The zero-order valence-corrected chi connectivity index (χ0v) is 13.2. The molecule has 0 amide bonds. The fraction of sp³-hybridized carbons (Fsp3) is 1.00. The number of hydrogen-bond acceptors (Lipinski definition) is 3. The van der Waals surface area contributed by atoms with E-state index in [1.165, 1.54) is 38.8 Å². The summed E-state index contributed by atoms with van der Waals surface area (Å²) in [5, 5.41) is 13.3. The van der Waals surface area contributed by atoms with Crippen LogP contribution in [0.2, 0.25) is 0 Å². The molecule has 19 heavy (non-hydrogen) atoms. The van der Waals surface area contributed by atoms with E-state index in [-0.39, 0.29) is 12.1 Å². The monoisotopic (exact) mass is 268 g/mol. The normalized spacial score (nSPS) is 28.9. The number of nitrogens with one attached hydrogen (secondary N) is 1. The third-order valence-corrected chi connectivity index (χ3v) is 5.00. The number of aliphatic hydroxyl groups excluding tert-OH is 1.